The maximum Gasteiger partial charge on any atom is 0.328 e. The molecule has 0 spiro atoms. The van der Waals surface area contributed by atoms with Gasteiger partial charge >= 0.3 is 5.97 Å². The van der Waals surface area contributed by atoms with Gasteiger partial charge in [-0.05, 0) is 0 Å². The number of fused-ring (bicyclic) bond motifs is 1. The summed E-state index contributed by atoms with van der Waals surface area (Å²) >= 11 is 0. The summed E-state index contributed by atoms with van der Waals surface area (Å²) in [4.78, 5) is 16.2. The minimum atomic E-state index is -0.831. The Balaban J connectivity index is 2.29. The molecule has 0 aromatic heterocycles. The maximum absolute atomic E-state index is 11.1. The van der Waals surface area contributed by atoms with E-state index in [1.807, 2.05) is 0 Å². The van der Waals surface area contributed by atoms with Crippen LogP contribution in [0.15, 0.2) is 0 Å². The number of nitrogens with zero attached hydrogens (tertiary/aromatic N) is 1. The monoisotopic (exact) mass is 187 g/mol. The van der Waals surface area contributed by atoms with E-state index in [1.165, 1.54) is 7.11 Å². The lowest BCUT2D eigenvalue weighted by atomic mass is 10.0. The number of hydrogen-bond acceptors (Lipinski definition) is 5. The lowest BCUT2D eigenvalue weighted by Crippen LogP contribution is -2.28. The first-order valence-electron chi connectivity index (χ1n) is 3.86. The van der Waals surface area contributed by atoms with E-state index in [4.69, 9.17) is 14.3 Å². The quantitative estimate of drug-likeness (QED) is 0.405. The van der Waals surface area contributed by atoms with Crippen LogP contribution in [0.5, 0.6) is 0 Å². The molecular formula is C7H9NO5. The summed E-state index contributed by atoms with van der Waals surface area (Å²) in [5, 5.41) is 11.0. The molecule has 1 fully saturated rings. The van der Waals surface area contributed by atoms with Crippen LogP contribution in [-0.2, 0) is 19.1 Å². The van der Waals surface area contributed by atoms with Gasteiger partial charge in [-0.15, -0.1) is 0 Å². The maximum atomic E-state index is 11.1. The molecule has 0 aliphatic carbocycles. The molecule has 2 heterocycles. The molecule has 2 aliphatic heterocycles. The van der Waals surface area contributed by atoms with Gasteiger partial charge in [-0.25, -0.2) is 0 Å². The van der Waals surface area contributed by atoms with E-state index < -0.39 is 24.3 Å². The highest BCUT2D eigenvalue weighted by Gasteiger charge is 2.54. The zero-order valence-corrected chi connectivity index (χ0v) is 7.22. The fraction of sp³-hybridized carbons (Fsp3) is 0.714. The highest BCUT2D eigenvalue weighted by Crippen LogP contribution is 2.31. The molecule has 0 aromatic rings. The second-order valence-electron chi connectivity index (χ2n) is 2.99. The molecule has 2 rings (SSSR count). The van der Waals surface area contributed by atoms with E-state index in [-0.39, 0.29) is 0 Å². The zero-order valence-electron chi connectivity index (χ0n) is 7.22. The van der Waals surface area contributed by atoms with Crippen LogP contribution in [-0.4, -0.2) is 36.1 Å². The summed E-state index contributed by atoms with van der Waals surface area (Å²) in [5.74, 6) is -0.954. The Bertz CT molecular complexity index is 287. The Morgan fingerprint density at radius 1 is 1.62 bits per heavy atom. The van der Waals surface area contributed by atoms with Gasteiger partial charge in [-0.3, -0.25) is 10.0 Å². The molecule has 0 N–H and O–H groups in total. The Labute approximate surface area is 74.2 Å². The third-order valence-corrected chi connectivity index (χ3v) is 2.30. The fourth-order valence-electron chi connectivity index (χ4n) is 1.57. The molecule has 0 aromatic carbocycles. The normalized spacial score (nSPS) is 37.4. The van der Waals surface area contributed by atoms with Gasteiger partial charge in [-0.2, -0.15) is 0 Å². The Hall–Kier alpha value is -1.30. The van der Waals surface area contributed by atoms with E-state index in [0.717, 1.165) is 0 Å². The Morgan fingerprint density at radius 2 is 2.31 bits per heavy atom. The first-order valence-corrected chi connectivity index (χ1v) is 3.86. The van der Waals surface area contributed by atoms with Gasteiger partial charge in [0.1, 0.15) is 5.92 Å². The van der Waals surface area contributed by atoms with Crippen molar-refractivity contribution in [2.24, 2.45) is 5.92 Å². The number of hydrogen-bond donors (Lipinski definition) is 0. The summed E-state index contributed by atoms with van der Waals surface area (Å²) in [7, 11) is 1.42. The lowest BCUT2D eigenvalue weighted by Gasteiger charge is -2.09. The smallest absolute Gasteiger partial charge is 0.328 e. The van der Waals surface area contributed by atoms with E-state index in [0.29, 0.717) is 10.6 Å². The number of cyclic esters (lactones) is 1. The molecule has 0 radical (unpaired) electrons. The van der Waals surface area contributed by atoms with Gasteiger partial charge < -0.3 is 14.3 Å². The van der Waals surface area contributed by atoms with Crippen molar-refractivity contribution in [3.05, 3.63) is 5.21 Å². The molecule has 0 saturated carbocycles. The molecule has 0 amide bonds. The summed E-state index contributed by atoms with van der Waals surface area (Å²) < 4.78 is 9.73. The average molecular weight is 187 g/mol. The second-order valence-corrected chi connectivity index (χ2v) is 2.99. The van der Waals surface area contributed by atoms with Gasteiger partial charge in [0.15, 0.2) is 6.10 Å². The van der Waals surface area contributed by atoms with Crippen LogP contribution in [0.4, 0.5) is 0 Å². The predicted octanol–water partition coefficient (Wildman–Crippen LogP) is -0.583. The fourth-order valence-corrected chi connectivity index (χ4v) is 1.57. The zero-order chi connectivity index (χ0) is 9.59. The van der Waals surface area contributed by atoms with E-state index in [2.05, 4.69) is 0 Å². The first-order chi connectivity index (χ1) is 6.15. The average Bonchev–Trinajstić information content (AvgIpc) is 2.55. The van der Waals surface area contributed by atoms with Gasteiger partial charge in [0, 0.05) is 18.9 Å². The van der Waals surface area contributed by atoms with Gasteiger partial charge in [0.25, 0.3) is 0 Å². The van der Waals surface area contributed by atoms with Gasteiger partial charge in [0.05, 0.1) is 0 Å². The SMILES string of the molecule is CO[C@@H]1OC(=O)[C@H]2O[N+]([O-])=C(C)[C@@H]12. The number of rotatable bonds is 1. The molecule has 6 nitrogen and oxygen atoms in total. The molecular weight excluding hydrogens is 178 g/mol. The number of esters is 1. The number of ether oxygens (including phenoxy) is 2. The van der Waals surface area contributed by atoms with Crippen molar-refractivity contribution < 1.29 is 24.0 Å². The van der Waals surface area contributed by atoms with Crippen LogP contribution in [0.2, 0.25) is 0 Å². The van der Waals surface area contributed by atoms with E-state index in [9.17, 15) is 10.0 Å². The number of methoxy groups -OCH3 is 1. The predicted molar refractivity (Wildman–Crippen MR) is 39.6 cm³/mol. The van der Waals surface area contributed by atoms with Crippen molar-refractivity contribution in [2.75, 3.05) is 7.11 Å². The molecule has 3 atom stereocenters. The Kier molecular flexibility index (Phi) is 1.66. The van der Waals surface area contributed by atoms with Crippen LogP contribution in [0, 0.1) is 11.1 Å². The third kappa shape index (κ3) is 0.983. The first kappa shape index (κ1) is 8.31. The second kappa shape index (κ2) is 2.59. The molecule has 1 saturated heterocycles. The largest absolute Gasteiger partial charge is 0.434 e. The van der Waals surface area contributed by atoms with Crippen molar-refractivity contribution in [1.82, 2.24) is 0 Å². The molecule has 6 heteroatoms. The van der Waals surface area contributed by atoms with Crippen LogP contribution >= 0.6 is 0 Å². The van der Waals surface area contributed by atoms with Gasteiger partial charge in [-0.1, -0.05) is 0 Å². The summed E-state index contributed by atoms with van der Waals surface area (Å²) in [5.41, 5.74) is 0.405. The van der Waals surface area contributed by atoms with Crippen molar-refractivity contribution in [1.29, 1.82) is 0 Å². The van der Waals surface area contributed by atoms with Gasteiger partial charge in [0.2, 0.25) is 12.0 Å². The highest BCUT2D eigenvalue weighted by molar-refractivity contribution is 5.91. The van der Waals surface area contributed by atoms with Crippen LogP contribution in [0.3, 0.4) is 0 Å². The summed E-state index contributed by atoms with van der Waals surface area (Å²) in [6.07, 6.45) is -1.53. The van der Waals surface area contributed by atoms with Crippen molar-refractivity contribution >= 4 is 11.7 Å². The summed E-state index contributed by atoms with van der Waals surface area (Å²) in [6.45, 7) is 1.59. The van der Waals surface area contributed by atoms with Crippen molar-refractivity contribution in [3.8, 4) is 0 Å². The molecule has 2 aliphatic rings. The minimum absolute atomic E-state index is 0.349. The standard InChI is InChI=1S/C7H9NO5/c1-3-4-5(13-8(3)10)6(9)12-7(4)11-2/h4-5,7H,1-2H3/t4-,5+,7-/m1/s1. The van der Waals surface area contributed by atoms with Crippen molar-refractivity contribution in [2.45, 2.75) is 19.3 Å². The number of carbonyl (C=O) groups is 1. The Morgan fingerprint density at radius 3 is 2.92 bits per heavy atom. The van der Waals surface area contributed by atoms with E-state index in [1.54, 1.807) is 6.92 Å². The van der Waals surface area contributed by atoms with Crippen LogP contribution in [0.1, 0.15) is 6.92 Å². The van der Waals surface area contributed by atoms with Crippen LogP contribution < -0.4 is 0 Å². The highest BCUT2D eigenvalue weighted by atomic mass is 16.9. The molecule has 72 valence electrons. The topological polar surface area (TPSA) is 70.8 Å². The molecule has 0 unspecified atom stereocenters. The summed E-state index contributed by atoms with van der Waals surface area (Å²) in [6, 6.07) is 0. The lowest BCUT2D eigenvalue weighted by molar-refractivity contribution is -0.737. The third-order valence-electron chi connectivity index (χ3n) is 2.30. The van der Waals surface area contributed by atoms with Crippen LogP contribution in [0.25, 0.3) is 0 Å². The molecule has 0 bridgehead atoms. The number of carbonyl (C=O) groups excluding carboxylic acids is 1. The minimum Gasteiger partial charge on any atom is -0.434 e. The van der Waals surface area contributed by atoms with Crippen molar-refractivity contribution in [3.63, 3.8) is 0 Å². The van der Waals surface area contributed by atoms with E-state index >= 15 is 0 Å². The molecule has 13 heavy (non-hydrogen) atoms.